The maximum Gasteiger partial charge on any atom is 0.213 e. The fraction of sp³-hybridized carbons (Fsp3) is 0.308. The van der Waals surface area contributed by atoms with Crippen LogP contribution < -0.4 is 10.6 Å². The molecule has 8 nitrogen and oxygen atoms in total. The molecule has 0 bridgehead atoms. The Morgan fingerprint density at radius 2 is 1.27 bits per heavy atom. The van der Waals surface area contributed by atoms with Gasteiger partial charge in [-0.3, -0.25) is 0 Å². The number of nitrogens with zero attached hydrogens (tertiary/aromatic N) is 6. The average molecular weight is 657 g/mol. The lowest BCUT2D eigenvalue weighted by atomic mass is 9.90. The minimum absolute atomic E-state index is 0.194. The minimum atomic E-state index is -0.194. The summed E-state index contributed by atoms with van der Waals surface area (Å²) < 4.78 is 2.94. The van der Waals surface area contributed by atoms with E-state index in [4.69, 9.17) is 25.3 Å². The van der Waals surface area contributed by atoms with Gasteiger partial charge in [-0.25, -0.2) is 9.97 Å². The van der Waals surface area contributed by atoms with Crippen LogP contribution in [0.25, 0.3) is 15.3 Å². The molecule has 0 unspecified atom stereocenters. The van der Waals surface area contributed by atoms with E-state index in [2.05, 4.69) is 110 Å². The zero-order valence-electron chi connectivity index (χ0n) is 29.8. The maximum atomic E-state index is 5.11. The third-order valence-electron chi connectivity index (χ3n) is 8.54. The van der Waals surface area contributed by atoms with Crippen molar-refractivity contribution >= 4 is 56.1 Å². The highest BCUT2D eigenvalue weighted by Gasteiger charge is 2.27. The number of azo groups is 1. The van der Waals surface area contributed by atoms with Gasteiger partial charge in [-0.1, -0.05) is 79.6 Å². The number of nitrogens with one attached hydrogen (secondary N) is 2. The van der Waals surface area contributed by atoms with Crippen molar-refractivity contribution in [2.75, 3.05) is 10.6 Å². The molecule has 6 aromatic rings. The molecule has 0 spiro atoms. The summed E-state index contributed by atoms with van der Waals surface area (Å²) >= 11 is 1.59. The molecule has 0 radical (unpaired) electrons. The molecular weight excluding hydrogens is 613 g/mol. The van der Waals surface area contributed by atoms with Crippen LogP contribution >= 0.6 is 11.3 Å². The van der Waals surface area contributed by atoms with Gasteiger partial charge in [0.1, 0.15) is 11.5 Å². The van der Waals surface area contributed by atoms with Crippen molar-refractivity contribution in [3.63, 3.8) is 0 Å². The standard InChI is InChI=1S/C39H44N8S/c1-21-16-23(3)32(24(4)17-21)41-31-20-27(7)34(36(42-31)43-33-25(5)18-22(2)19-26(33)6)44-45-37-28(8)35(39(9,10)11)46-47(37)38-40-29-14-12-13-15-30(29)48-38/h12-20H,1-11H3,(H2,41,42,43). The SMILES string of the molecule is Cc1cc(C)c(Nc2cc(C)c(N=Nc3c(C)c(C(C)(C)C)nn3-c3nc4ccccc4s3)c(Nc3c(C)cc(C)cc3C)n2)c(C)c1. The van der Waals surface area contributed by atoms with E-state index in [-0.39, 0.29) is 5.41 Å². The van der Waals surface area contributed by atoms with Crippen molar-refractivity contribution in [1.82, 2.24) is 19.7 Å². The smallest absolute Gasteiger partial charge is 0.213 e. The Morgan fingerprint density at radius 3 is 1.85 bits per heavy atom. The first-order valence-corrected chi connectivity index (χ1v) is 17.1. The van der Waals surface area contributed by atoms with Gasteiger partial charge in [-0.05, 0) is 101 Å². The molecule has 0 atom stereocenters. The Labute approximate surface area is 287 Å². The summed E-state index contributed by atoms with van der Waals surface area (Å²) in [7, 11) is 0. The summed E-state index contributed by atoms with van der Waals surface area (Å²) in [6.45, 7) is 23.3. The first-order chi connectivity index (χ1) is 22.7. The third-order valence-corrected chi connectivity index (χ3v) is 9.56. The van der Waals surface area contributed by atoms with Gasteiger partial charge in [0, 0.05) is 22.4 Å². The van der Waals surface area contributed by atoms with Crippen LogP contribution in [0.4, 0.5) is 34.5 Å². The second kappa shape index (κ2) is 12.6. The van der Waals surface area contributed by atoms with Gasteiger partial charge >= 0.3 is 0 Å². The molecule has 0 saturated carbocycles. The Hall–Kier alpha value is -4.89. The van der Waals surface area contributed by atoms with Crippen molar-refractivity contribution in [3.8, 4) is 5.13 Å². The Kier molecular flexibility index (Phi) is 8.68. The third kappa shape index (κ3) is 6.47. The molecule has 0 amide bonds. The van der Waals surface area contributed by atoms with Crippen LogP contribution in [-0.4, -0.2) is 19.7 Å². The lowest BCUT2D eigenvalue weighted by Gasteiger charge is -2.18. The summed E-state index contributed by atoms with van der Waals surface area (Å²) in [5.41, 5.74) is 13.4. The Morgan fingerprint density at radius 1 is 0.688 bits per heavy atom. The quantitative estimate of drug-likeness (QED) is 0.167. The number of rotatable bonds is 7. The lowest BCUT2D eigenvalue weighted by molar-refractivity contribution is 0.557. The summed E-state index contributed by atoms with van der Waals surface area (Å²) in [6, 6.07) is 18.9. The van der Waals surface area contributed by atoms with Crippen LogP contribution in [0.3, 0.4) is 0 Å². The zero-order valence-corrected chi connectivity index (χ0v) is 30.6. The van der Waals surface area contributed by atoms with Gasteiger partial charge in [0.15, 0.2) is 11.6 Å². The number of hydrogen-bond acceptors (Lipinski definition) is 8. The molecule has 0 saturated heterocycles. The molecule has 246 valence electrons. The fourth-order valence-corrected chi connectivity index (χ4v) is 7.36. The van der Waals surface area contributed by atoms with E-state index in [0.29, 0.717) is 17.3 Å². The topological polar surface area (TPSA) is 92.4 Å². The molecule has 0 fully saturated rings. The Balaban J connectivity index is 1.50. The number of thiazole rings is 1. The second-order valence-corrected chi connectivity index (χ2v) is 15.0. The van der Waals surface area contributed by atoms with Crippen molar-refractivity contribution < 1.29 is 0 Å². The average Bonchev–Trinajstić information content (AvgIpc) is 3.57. The number of aryl methyl sites for hydroxylation is 7. The van der Waals surface area contributed by atoms with Gasteiger partial charge in [0.05, 0.1) is 15.9 Å². The van der Waals surface area contributed by atoms with E-state index in [9.17, 15) is 0 Å². The Bertz CT molecular complexity index is 2130. The summed E-state index contributed by atoms with van der Waals surface area (Å²) in [5.74, 6) is 2.01. The van der Waals surface area contributed by atoms with Crippen molar-refractivity contribution in [1.29, 1.82) is 0 Å². The van der Waals surface area contributed by atoms with Crippen LogP contribution in [0.1, 0.15) is 71.0 Å². The van der Waals surface area contributed by atoms with Gasteiger partial charge in [-0.15, -0.1) is 10.2 Å². The maximum absolute atomic E-state index is 5.11. The van der Waals surface area contributed by atoms with Crippen LogP contribution in [0.15, 0.2) is 64.8 Å². The van der Waals surface area contributed by atoms with E-state index in [0.717, 1.165) is 60.5 Å². The molecule has 0 aliphatic carbocycles. The van der Waals surface area contributed by atoms with Crippen molar-refractivity contribution in [2.45, 2.75) is 81.6 Å². The highest BCUT2D eigenvalue weighted by atomic mass is 32.1. The number of aromatic nitrogens is 4. The number of hydrogen-bond donors (Lipinski definition) is 2. The molecule has 48 heavy (non-hydrogen) atoms. The minimum Gasteiger partial charge on any atom is -0.340 e. The molecule has 3 heterocycles. The predicted octanol–water partition coefficient (Wildman–Crippen LogP) is 11.5. The number of pyridine rings is 1. The van der Waals surface area contributed by atoms with Crippen molar-refractivity contribution in [3.05, 3.63) is 105 Å². The normalized spacial score (nSPS) is 12.0. The largest absolute Gasteiger partial charge is 0.340 e. The van der Waals surface area contributed by atoms with Gasteiger partial charge < -0.3 is 10.6 Å². The summed E-state index contributed by atoms with van der Waals surface area (Å²) in [6.07, 6.45) is 0. The van der Waals surface area contributed by atoms with Gasteiger partial charge in [-0.2, -0.15) is 9.78 Å². The zero-order chi connectivity index (χ0) is 34.5. The van der Waals surface area contributed by atoms with E-state index in [1.54, 1.807) is 11.3 Å². The molecule has 9 heteroatoms. The number of anilines is 4. The van der Waals surface area contributed by atoms with Crippen LogP contribution in [0.2, 0.25) is 0 Å². The molecule has 0 aliphatic rings. The molecule has 2 N–H and O–H groups in total. The first-order valence-electron chi connectivity index (χ1n) is 16.3. The molecule has 3 aromatic carbocycles. The molecule has 3 aromatic heterocycles. The number of para-hydroxylation sites is 1. The summed E-state index contributed by atoms with van der Waals surface area (Å²) in [5, 5.41) is 22.9. The summed E-state index contributed by atoms with van der Waals surface area (Å²) in [4.78, 5) is 10.0. The monoisotopic (exact) mass is 656 g/mol. The van der Waals surface area contributed by atoms with Gasteiger partial charge in [0.25, 0.3) is 0 Å². The first kappa shape index (κ1) is 33.0. The molecule has 0 aliphatic heterocycles. The second-order valence-electron chi connectivity index (χ2n) is 13.9. The fourth-order valence-electron chi connectivity index (χ4n) is 6.44. The highest BCUT2D eigenvalue weighted by molar-refractivity contribution is 7.20. The molecular formula is C39H44N8S. The lowest BCUT2D eigenvalue weighted by Crippen LogP contribution is -2.13. The number of benzene rings is 3. The van der Waals surface area contributed by atoms with E-state index < -0.39 is 0 Å². The van der Waals surface area contributed by atoms with Gasteiger partial charge in [0.2, 0.25) is 5.13 Å². The predicted molar refractivity (Wildman–Crippen MR) is 201 cm³/mol. The van der Waals surface area contributed by atoms with Crippen LogP contribution in [-0.2, 0) is 5.41 Å². The van der Waals surface area contributed by atoms with E-state index in [1.165, 1.54) is 22.3 Å². The van der Waals surface area contributed by atoms with E-state index in [1.807, 2.05) is 35.9 Å². The van der Waals surface area contributed by atoms with Crippen LogP contribution in [0, 0.1) is 55.4 Å². The van der Waals surface area contributed by atoms with Crippen molar-refractivity contribution in [2.24, 2.45) is 10.2 Å². The number of fused-ring (bicyclic) bond motifs is 1. The van der Waals surface area contributed by atoms with E-state index >= 15 is 0 Å². The highest BCUT2D eigenvalue weighted by Crippen LogP contribution is 2.39. The molecule has 6 rings (SSSR count). The van der Waals surface area contributed by atoms with Crippen LogP contribution in [0.5, 0.6) is 0 Å².